The van der Waals surface area contributed by atoms with Gasteiger partial charge in [0.05, 0.1) is 12.0 Å². The van der Waals surface area contributed by atoms with Crippen LogP contribution in [0.15, 0.2) is 84.9 Å². The van der Waals surface area contributed by atoms with Gasteiger partial charge in [-0.25, -0.2) is 4.98 Å². The second-order valence-corrected chi connectivity index (χ2v) is 7.55. The Labute approximate surface area is 185 Å². The van der Waals surface area contributed by atoms with Crippen molar-refractivity contribution in [3.05, 3.63) is 108 Å². The van der Waals surface area contributed by atoms with Gasteiger partial charge in [0.25, 0.3) is 0 Å². The average molecular weight is 408 g/mol. The molecule has 0 radical (unpaired) electrons. The number of benzene rings is 2. The van der Waals surface area contributed by atoms with Crippen molar-refractivity contribution < 1.29 is 0 Å². The van der Waals surface area contributed by atoms with Gasteiger partial charge in [0, 0.05) is 31.6 Å². The molecule has 0 bridgehead atoms. The lowest BCUT2D eigenvalue weighted by Gasteiger charge is -2.12. The third-order valence-electron chi connectivity index (χ3n) is 5.46. The third kappa shape index (κ3) is 5.93. The van der Waals surface area contributed by atoms with E-state index >= 15 is 0 Å². The molecule has 2 aromatic carbocycles. The zero-order valence-electron chi connectivity index (χ0n) is 18.4. The summed E-state index contributed by atoms with van der Waals surface area (Å²) in [5, 5.41) is 0. The highest BCUT2D eigenvalue weighted by molar-refractivity contribution is 6.09. The van der Waals surface area contributed by atoms with Gasteiger partial charge in [-0.15, -0.1) is 12.3 Å². The Bertz CT molecular complexity index is 1130. The van der Waals surface area contributed by atoms with Crippen LogP contribution in [-0.2, 0) is 19.3 Å². The maximum atomic E-state index is 5.62. The Morgan fingerprint density at radius 2 is 1.94 bits per heavy atom. The highest BCUT2D eigenvalue weighted by Gasteiger charge is 2.08. The Morgan fingerprint density at radius 3 is 2.65 bits per heavy atom. The zero-order chi connectivity index (χ0) is 22.1. The summed E-state index contributed by atoms with van der Waals surface area (Å²) < 4.78 is 1.87. The highest BCUT2D eigenvalue weighted by atomic mass is 15.0. The summed E-state index contributed by atoms with van der Waals surface area (Å²) in [5.74, 6) is 2.80. The first-order valence-electron chi connectivity index (χ1n) is 10.5. The van der Waals surface area contributed by atoms with E-state index in [-0.39, 0.29) is 0 Å². The van der Waals surface area contributed by atoms with E-state index < -0.39 is 0 Å². The molecule has 0 aliphatic heterocycles. The lowest BCUT2D eigenvalue weighted by molar-refractivity contribution is 0.809. The summed E-state index contributed by atoms with van der Waals surface area (Å²) in [6.07, 6.45) is 18.7. The number of aromatic nitrogens is 2. The Balaban J connectivity index is 1.77. The standard InChI is InChI=1S/C28H29N3/c1-5-9-25-15-16-27(28(29-4)17-14-23(3)31-19-18-30-21-31)20-26(25)13-8-12-24-11-7-6-10-22(24)2/h1,6-7,10-11,14-21H,3,8-9,12-13H2,2,4H3/b17-14-,29-28?. The number of aryl methyl sites for hydroxylation is 3. The fourth-order valence-corrected chi connectivity index (χ4v) is 3.65. The quantitative estimate of drug-likeness (QED) is 0.255. The summed E-state index contributed by atoms with van der Waals surface area (Å²) in [6, 6.07) is 15.1. The predicted molar refractivity (Wildman–Crippen MR) is 131 cm³/mol. The van der Waals surface area contributed by atoms with Crippen molar-refractivity contribution in [1.29, 1.82) is 0 Å². The van der Waals surface area contributed by atoms with Gasteiger partial charge in [0.2, 0.25) is 0 Å². The molecule has 0 fully saturated rings. The number of terminal acetylenes is 1. The molecule has 3 nitrogen and oxygen atoms in total. The Hall–Kier alpha value is -3.64. The van der Waals surface area contributed by atoms with E-state index in [1.54, 1.807) is 12.5 Å². The summed E-state index contributed by atoms with van der Waals surface area (Å²) in [4.78, 5) is 8.56. The molecule has 0 amide bonds. The molecule has 0 spiro atoms. The van der Waals surface area contributed by atoms with Gasteiger partial charge >= 0.3 is 0 Å². The molecule has 0 aliphatic carbocycles. The van der Waals surface area contributed by atoms with Crippen LogP contribution in [0, 0.1) is 19.3 Å². The maximum absolute atomic E-state index is 5.62. The number of nitrogens with zero attached hydrogens (tertiary/aromatic N) is 3. The molecule has 0 unspecified atom stereocenters. The predicted octanol–water partition coefficient (Wildman–Crippen LogP) is 5.69. The van der Waals surface area contributed by atoms with Gasteiger partial charge in [-0.2, -0.15) is 0 Å². The maximum Gasteiger partial charge on any atom is 0.0991 e. The van der Waals surface area contributed by atoms with Crippen LogP contribution in [0.3, 0.4) is 0 Å². The molecule has 3 rings (SSSR count). The van der Waals surface area contributed by atoms with Crippen LogP contribution < -0.4 is 0 Å². The lowest BCUT2D eigenvalue weighted by Crippen LogP contribution is -2.03. The van der Waals surface area contributed by atoms with Crippen LogP contribution in [0.1, 0.15) is 34.2 Å². The van der Waals surface area contributed by atoms with Crippen molar-refractivity contribution in [3.63, 3.8) is 0 Å². The summed E-state index contributed by atoms with van der Waals surface area (Å²) in [5.41, 5.74) is 8.11. The highest BCUT2D eigenvalue weighted by Crippen LogP contribution is 2.19. The molecule has 31 heavy (non-hydrogen) atoms. The second-order valence-electron chi connectivity index (χ2n) is 7.55. The van der Waals surface area contributed by atoms with E-state index in [1.807, 2.05) is 30.0 Å². The number of hydrogen-bond acceptors (Lipinski definition) is 2. The minimum Gasteiger partial charge on any atom is -0.307 e. The second kappa shape index (κ2) is 10.9. The molecular formula is C28H29N3. The average Bonchev–Trinajstić information content (AvgIpc) is 3.32. The zero-order valence-corrected chi connectivity index (χ0v) is 18.4. The SMILES string of the molecule is C#CCc1ccc(C(/C=C\C(=C)n2ccnc2)=NC)cc1CCCc1ccccc1C. The monoisotopic (exact) mass is 407 g/mol. The topological polar surface area (TPSA) is 30.2 Å². The van der Waals surface area contributed by atoms with Crippen LogP contribution in [-0.4, -0.2) is 22.3 Å². The van der Waals surface area contributed by atoms with Crippen molar-refractivity contribution in [2.24, 2.45) is 4.99 Å². The summed E-state index contributed by atoms with van der Waals surface area (Å²) in [6.45, 7) is 6.26. The van der Waals surface area contributed by atoms with Crippen LogP contribution in [0.5, 0.6) is 0 Å². The molecule has 1 heterocycles. The molecular weight excluding hydrogens is 378 g/mol. The smallest absolute Gasteiger partial charge is 0.0991 e. The van der Waals surface area contributed by atoms with E-state index in [2.05, 4.69) is 71.9 Å². The number of rotatable bonds is 9. The summed E-state index contributed by atoms with van der Waals surface area (Å²) in [7, 11) is 1.81. The van der Waals surface area contributed by atoms with E-state index in [9.17, 15) is 0 Å². The Kier molecular flexibility index (Phi) is 7.79. The van der Waals surface area contributed by atoms with Crippen molar-refractivity contribution in [2.45, 2.75) is 32.6 Å². The van der Waals surface area contributed by atoms with Crippen LogP contribution in [0.25, 0.3) is 5.70 Å². The number of aliphatic imine (C=N–C) groups is 1. The van der Waals surface area contributed by atoms with Crippen LogP contribution >= 0.6 is 0 Å². The Morgan fingerprint density at radius 1 is 1.13 bits per heavy atom. The molecule has 0 saturated carbocycles. The molecule has 0 N–H and O–H groups in total. The molecule has 0 saturated heterocycles. The van der Waals surface area contributed by atoms with Gasteiger partial charge in [-0.05, 0) is 72.2 Å². The van der Waals surface area contributed by atoms with E-state index in [4.69, 9.17) is 6.42 Å². The van der Waals surface area contributed by atoms with Crippen LogP contribution in [0.2, 0.25) is 0 Å². The van der Waals surface area contributed by atoms with Crippen molar-refractivity contribution in [1.82, 2.24) is 9.55 Å². The largest absolute Gasteiger partial charge is 0.307 e. The first-order valence-corrected chi connectivity index (χ1v) is 10.5. The van der Waals surface area contributed by atoms with Crippen molar-refractivity contribution in [2.75, 3.05) is 7.05 Å². The number of hydrogen-bond donors (Lipinski definition) is 0. The minimum absolute atomic E-state index is 0.645. The lowest BCUT2D eigenvalue weighted by atomic mass is 9.94. The molecule has 0 aliphatic rings. The van der Waals surface area contributed by atoms with Gasteiger partial charge in [-0.3, -0.25) is 4.99 Å². The molecule has 3 heteroatoms. The van der Waals surface area contributed by atoms with E-state index in [0.717, 1.165) is 36.2 Å². The number of allylic oxidation sites excluding steroid dienone is 3. The molecule has 1 aromatic heterocycles. The van der Waals surface area contributed by atoms with Gasteiger partial charge < -0.3 is 4.57 Å². The van der Waals surface area contributed by atoms with E-state index in [1.165, 1.54) is 22.3 Å². The fraction of sp³-hybridized carbons (Fsp3) is 0.214. The third-order valence-corrected chi connectivity index (χ3v) is 5.46. The fourth-order valence-electron chi connectivity index (χ4n) is 3.65. The summed E-state index contributed by atoms with van der Waals surface area (Å²) >= 11 is 0. The van der Waals surface area contributed by atoms with Gasteiger partial charge in [-0.1, -0.05) is 43.0 Å². The molecule has 0 atom stereocenters. The first kappa shape index (κ1) is 22.1. The molecule has 156 valence electrons. The van der Waals surface area contributed by atoms with Crippen molar-refractivity contribution in [3.8, 4) is 12.3 Å². The first-order chi connectivity index (χ1) is 15.1. The number of imidazole rings is 1. The van der Waals surface area contributed by atoms with Gasteiger partial charge in [0.1, 0.15) is 0 Å². The van der Waals surface area contributed by atoms with Crippen molar-refractivity contribution >= 4 is 11.4 Å². The van der Waals surface area contributed by atoms with Gasteiger partial charge in [0.15, 0.2) is 0 Å². The normalized spacial score (nSPS) is 11.6. The minimum atomic E-state index is 0.645. The molecule has 3 aromatic rings. The van der Waals surface area contributed by atoms with E-state index in [0.29, 0.717) is 6.42 Å². The van der Waals surface area contributed by atoms with Crippen LogP contribution in [0.4, 0.5) is 0 Å².